The number of anilines is 1. The third-order valence-electron chi connectivity index (χ3n) is 7.02. The molecule has 0 radical (unpaired) electrons. The summed E-state index contributed by atoms with van der Waals surface area (Å²) in [6, 6.07) is 21.8. The number of nitrogens with zero attached hydrogens (tertiary/aromatic N) is 2. The smallest absolute Gasteiger partial charge is 0.264 e. The van der Waals surface area contributed by atoms with Gasteiger partial charge in [0, 0.05) is 13.1 Å². The third-order valence-corrected chi connectivity index (χ3v) is 8.82. The maximum absolute atomic E-state index is 13.6. The molecule has 194 valence electrons. The number of hydrogen-bond donors (Lipinski definition) is 1. The Labute approximate surface area is 219 Å². The van der Waals surface area contributed by atoms with Crippen LogP contribution in [0, 0.1) is 6.92 Å². The van der Waals surface area contributed by atoms with Gasteiger partial charge in [0.25, 0.3) is 15.9 Å². The first kappa shape index (κ1) is 25.3. The van der Waals surface area contributed by atoms with E-state index in [0.717, 1.165) is 30.8 Å². The van der Waals surface area contributed by atoms with Crippen LogP contribution in [0.15, 0.2) is 77.7 Å². The zero-order valence-electron chi connectivity index (χ0n) is 21.1. The summed E-state index contributed by atoms with van der Waals surface area (Å²) in [7, 11) is -3.88. The van der Waals surface area contributed by atoms with Crippen LogP contribution in [-0.2, 0) is 27.9 Å². The molecule has 0 aromatic heterocycles. The highest BCUT2D eigenvalue weighted by Gasteiger charge is 2.37. The second-order valence-electron chi connectivity index (χ2n) is 9.75. The molecular formula is C29H33N3O4S. The molecule has 3 aromatic rings. The number of carbonyl (C=O) groups excluding carboxylic acids is 1. The molecule has 0 unspecified atom stereocenters. The van der Waals surface area contributed by atoms with Gasteiger partial charge in [-0.2, -0.15) is 0 Å². The summed E-state index contributed by atoms with van der Waals surface area (Å²) in [6.07, 6.45) is 2.76. The fourth-order valence-corrected chi connectivity index (χ4v) is 6.48. The molecule has 1 fully saturated rings. The van der Waals surface area contributed by atoms with Crippen molar-refractivity contribution in [3.05, 3.63) is 89.5 Å². The average molecular weight is 520 g/mol. The summed E-state index contributed by atoms with van der Waals surface area (Å²) in [5.41, 5.74) is 3.61. The number of fused-ring (bicyclic) bond motifs is 1. The first-order valence-electron chi connectivity index (χ1n) is 12.8. The molecule has 37 heavy (non-hydrogen) atoms. The molecule has 7 nitrogen and oxygen atoms in total. The van der Waals surface area contributed by atoms with Crippen LogP contribution in [0.2, 0.25) is 0 Å². The summed E-state index contributed by atoms with van der Waals surface area (Å²) < 4.78 is 34.4. The number of amides is 1. The maximum atomic E-state index is 13.6. The highest BCUT2D eigenvalue weighted by Crippen LogP contribution is 2.37. The zero-order chi connectivity index (χ0) is 25.8. The number of nitrogens with one attached hydrogen (secondary N) is 1. The monoisotopic (exact) mass is 519 g/mol. The lowest BCUT2D eigenvalue weighted by molar-refractivity contribution is -0.127. The fraction of sp³-hybridized carbons (Fsp3) is 0.345. The van der Waals surface area contributed by atoms with Gasteiger partial charge in [-0.15, -0.1) is 0 Å². The van der Waals surface area contributed by atoms with Crippen molar-refractivity contribution in [2.24, 2.45) is 0 Å². The lowest BCUT2D eigenvalue weighted by Gasteiger charge is -2.35. The van der Waals surface area contributed by atoms with Gasteiger partial charge in [-0.1, -0.05) is 55.0 Å². The molecule has 5 rings (SSSR count). The third kappa shape index (κ3) is 5.65. The molecule has 0 bridgehead atoms. The van der Waals surface area contributed by atoms with Gasteiger partial charge in [-0.3, -0.25) is 14.0 Å². The maximum Gasteiger partial charge on any atom is 0.264 e. The summed E-state index contributed by atoms with van der Waals surface area (Å²) in [4.78, 5) is 15.9. The van der Waals surface area contributed by atoms with Crippen LogP contribution in [0.25, 0.3) is 0 Å². The highest BCUT2D eigenvalue weighted by atomic mass is 32.2. The molecule has 8 heteroatoms. The molecule has 0 spiro atoms. The number of sulfonamides is 1. The molecule has 2 aliphatic rings. The van der Waals surface area contributed by atoms with E-state index >= 15 is 0 Å². The zero-order valence-corrected chi connectivity index (χ0v) is 21.9. The predicted octanol–water partition coefficient (Wildman–Crippen LogP) is 4.25. The number of ether oxygens (including phenoxy) is 1. The first-order valence-corrected chi connectivity index (χ1v) is 14.3. The Morgan fingerprint density at radius 1 is 0.946 bits per heavy atom. The van der Waals surface area contributed by atoms with Crippen molar-refractivity contribution in [3.63, 3.8) is 0 Å². The first-order chi connectivity index (χ1) is 17.9. The van der Waals surface area contributed by atoms with Gasteiger partial charge in [-0.25, -0.2) is 8.42 Å². The summed E-state index contributed by atoms with van der Waals surface area (Å²) in [5.74, 6) is 0.0459. The van der Waals surface area contributed by atoms with Crippen LogP contribution in [-0.4, -0.2) is 45.0 Å². The number of aryl methyl sites for hydroxylation is 1. The van der Waals surface area contributed by atoms with E-state index in [1.165, 1.54) is 29.1 Å². The van der Waals surface area contributed by atoms with Crippen LogP contribution < -0.4 is 14.4 Å². The summed E-state index contributed by atoms with van der Waals surface area (Å²) in [5, 5.41) is 3.00. The normalized spacial score (nSPS) is 18.1. The Hall–Kier alpha value is -3.36. The number of benzene rings is 3. The van der Waals surface area contributed by atoms with Gasteiger partial charge in [-0.05, 0) is 73.8 Å². The molecule has 2 aliphatic heterocycles. The number of rotatable bonds is 7. The predicted molar refractivity (Wildman–Crippen MR) is 144 cm³/mol. The largest absolute Gasteiger partial charge is 0.476 e. The fourth-order valence-electron chi connectivity index (χ4n) is 4.98. The van der Waals surface area contributed by atoms with E-state index in [0.29, 0.717) is 18.0 Å². The molecule has 1 atom stereocenters. The molecule has 1 amide bonds. The molecular weight excluding hydrogens is 486 g/mol. The summed E-state index contributed by atoms with van der Waals surface area (Å²) >= 11 is 0. The van der Waals surface area contributed by atoms with Crippen molar-refractivity contribution in [2.45, 2.75) is 50.3 Å². The molecule has 0 aliphatic carbocycles. The minimum atomic E-state index is -3.88. The van der Waals surface area contributed by atoms with Crippen molar-refractivity contribution in [1.82, 2.24) is 10.2 Å². The van der Waals surface area contributed by atoms with Crippen LogP contribution in [0.1, 0.15) is 36.0 Å². The Bertz CT molecular complexity index is 1350. The Balaban J connectivity index is 1.34. The van der Waals surface area contributed by atoms with Gasteiger partial charge in [0.15, 0.2) is 6.10 Å². The second-order valence-corrected chi connectivity index (χ2v) is 11.6. The van der Waals surface area contributed by atoms with Crippen molar-refractivity contribution in [2.75, 3.05) is 23.9 Å². The van der Waals surface area contributed by atoms with Crippen molar-refractivity contribution in [3.8, 4) is 5.75 Å². The van der Waals surface area contributed by atoms with E-state index in [1.54, 1.807) is 42.5 Å². The number of likely N-dealkylation sites (tertiary alicyclic amines) is 1. The van der Waals surface area contributed by atoms with E-state index in [2.05, 4.69) is 16.3 Å². The standard InChI is InChI=1S/C29H33N3O4S/c1-22-14-15-26-27(18-22)36-28(21-32(26)37(34,35)25-12-4-2-5-13-25)29(33)30-19-23-10-6-7-11-24(23)20-31-16-8-3-9-17-31/h2,4-7,10-15,18,28H,3,8-9,16-17,19-21H2,1H3,(H,30,33)/t28-/m1/s1. The quantitative estimate of drug-likeness (QED) is 0.505. The molecule has 3 aromatic carbocycles. The summed E-state index contributed by atoms with van der Waals surface area (Å²) in [6.45, 7) is 5.22. The van der Waals surface area contributed by atoms with E-state index < -0.39 is 16.1 Å². The van der Waals surface area contributed by atoms with Gasteiger partial charge in [0.05, 0.1) is 17.1 Å². The molecule has 1 saturated heterocycles. The van der Waals surface area contributed by atoms with Crippen LogP contribution in [0.5, 0.6) is 5.75 Å². The van der Waals surface area contributed by atoms with E-state index in [4.69, 9.17) is 4.74 Å². The van der Waals surface area contributed by atoms with Crippen molar-refractivity contribution < 1.29 is 17.9 Å². The molecule has 0 saturated carbocycles. The average Bonchev–Trinajstić information content (AvgIpc) is 2.92. The van der Waals surface area contributed by atoms with Crippen LogP contribution in [0.3, 0.4) is 0 Å². The Morgan fingerprint density at radius 2 is 1.65 bits per heavy atom. The van der Waals surface area contributed by atoms with Gasteiger partial charge < -0.3 is 10.1 Å². The van der Waals surface area contributed by atoms with E-state index in [1.807, 2.05) is 31.2 Å². The van der Waals surface area contributed by atoms with Crippen LogP contribution >= 0.6 is 0 Å². The van der Waals surface area contributed by atoms with Crippen LogP contribution in [0.4, 0.5) is 5.69 Å². The SMILES string of the molecule is Cc1ccc2c(c1)O[C@@H](C(=O)NCc1ccccc1CN1CCCCC1)CN2S(=O)(=O)c1ccccc1. The second kappa shape index (κ2) is 10.9. The van der Waals surface area contributed by atoms with Gasteiger partial charge in [0.1, 0.15) is 5.75 Å². The van der Waals surface area contributed by atoms with Gasteiger partial charge >= 0.3 is 0 Å². The lowest BCUT2D eigenvalue weighted by Crippen LogP contribution is -2.50. The highest BCUT2D eigenvalue weighted by molar-refractivity contribution is 7.92. The minimum Gasteiger partial charge on any atom is -0.476 e. The van der Waals surface area contributed by atoms with E-state index in [9.17, 15) is 13.2 Å². The van der Waals surface area contributed by atoms with Gasteiger partial charge in [0.2, 0.25) is 0 Å². The van der Waals surface area contributed by atoms with E-state index in [-0.39, 0.29) is 17.3 Å². The molecule has 2 heterocycles. The number of carbonyl (C=O) groups is 1. The lowest BCUT2D eigenvalue weighted by atomic mass is 10.0. The Kier molecular flexibility index (Phi) is 7.48. The number of piperidine rings is 1. The number of hydrogen-bond acceptors (Lipinski definition) is 5. The van der Waals surface area contributed by atoms with Crippen molar-refractivity contribution >= 4 is 21.6 Å². The minimum absolute atomic E-state index is 0.103. The molecule has 1 N–H and O–H groups in total. The topological polar surface area (TPSA) is 79.0 Å². The Morgan fingerprint density at radius 3 is 2.41 bits per heavy atom. The van der Waals surface area contributed by atoms with Crippen molar-refractivity contribution in [1.29, 1.82) is 0 Å².